The molecule has 0 radical (unpaired) electrons. The van der Waals surface area contributed by atoms with Gasteiger partial charge in [-0.3, -0.25) is 4.90 Å². The Morgan fingerprint density at radius 1 is 1.47 bits per heavy atom. The molecule has 3 nitrogen and oxygen atoms in total. The van der Waals surface area contributed by atoms with Crippen LogP contribution in [0.15, 0.2) is 10.5 Å². The number of likely N-dealkylation sites (tertiary alicyclic amines) is 1. The van der Waals surface area contributed by atoms with Crippen LogP contribution in [-0.2, 0) is 0 Å². The lowest BCUT2D eigenvalue weighted by atomic mass is 10.00. The summed E-state index contributed by atoms with van der Waals surface area (Å²) in [5, 5.41) is 8.52. The molecule has 2 rings (SSSR count). The second-order valence-electron chi connectivity index (χ2n) is 3.90. The number of halogens is 2. The molecule has 1 unspecified atom stereocenters. The average molecular weight is 291 g/mol. The van der Waals surface area contributed by atoms with Crippen LogP contribution in [0.2, 0.25) is 5.15 Å². The minimum absolute atomic E-state index is 0.389. The summed E-state index contributed by atoms with van der Waals surface area (Å²) in [6, 6.07) is 2.36. The lowest BCUT2D eigenvalue weighted by Gasteiger charge is -2.31. The molecular weight excluding hydrogens is 277 g/mol. The van der Waals surface area contributed by atoms with Gasteiger partial charge in [-0.2, -0.15) is 5.10 Å². The van der Waals surface area contributed by atoms with E-state index in [1.807, 2.05) is 6.07 Å². The summed E-state index contributed by atoms with van der Waals surface area (Å²) >= 11 is 9.20. The molecule has 0 aromatic carbocycles. The van der Waals surface area contributed by atoms with Crippen LogP contribution in [0.4, 0.5) is 0 Å². The summed E-state index contributed by atoms with van der Waals surface area (Å²) in [6.45, 7) is 1.13. The Hall–Kier alpha value is -0.190. The summed E-state index contributed by atoms with van der Waals surface area (Å²) < 4.78 is 0.827. The van der Waals surface area contributed by atoms with Crippen LogP contribution in [0.25, 0.3) is 0 Å². The van der Waals surface area contributed by atoms with E-state index in [1.54, 1.807) is 0 Å². The summed E-state index contributed by atoms with van der Waals surface area (Å²) in [6.07, 6.45) is 3.69. The maximum Gasteiger partial charge on any atom is 0.165 e. The Bertz CT molecular complexity index is 359. The van der Waals surface area contributed by atoms with Crippen molar-refractivity contribution < 1.29 is 0 Å². The zero-order valence-electron chi connectivity index (χ0n) is 8.58. The molecule has 2 heterocycles. The summed E-state index contributed by atoms with van der Waals surface area (Å²) in [4.78, 5) is 2.33. The third-order valence-corrected chi connectivity index (χ3v) is 3.95. The third kappa shape index (κ3) is 2.49. The molecule has 0 N–H and O–H groups in total. The summed E-state index contributed by atoms with van der Waals surface area (Å²) in [5.74, 6) is 0. The van der Waals surface area contributed by atoms with Crippen molar-refractivity contribution in [1.82, 2.24) is 15.1 Å². The van der Waals surface area contributed by atoms with Gasteiger partial charge >= 0.3 is 0 Å². The minimum atomic E-state index is 0.389. The average Bonchev–Trinajstić information content (AvgIpc) is 2.23. The van der Waals surface area contributed by atoms with Gasteiger partial charge < -0.3 is 0 Å². The lowest BCUT2D eigenvalue weighted by Crippen LogP contribution is -2.30. The van der Waals surface area contributed by atoms with E-state index in [0.29, 0.717) is 11.2 Å². The topological polar surface area (TPSA) is 29.0 Å². The minimum Gasteiger partial charge on any atom is -0.298 e. The fourth-order valence-corrected chi connectivity index (χ4v) is 2.39. The fourth-order valence-electron chi connectivity index (χ4n) is 1.98. The van der Waals surface area contributed by atoms with Crippen LogP contribution < -0.4 is 0 Å². The van der Waals surface area contributed by atoms with Gasteiger partial charge in [0.1, 0.15) is 0 Å². The van der Waals surface area contributed by atoms with E-state index in [0.717, 1.165) is 23.1 Å². The highest BCUT2D eigenvalue weighted by Gasteiger charge is 2.22. The number of aromatic nitrogens is 2. The molecule has 1 aliphatic rings. The first kappa shape index (κ1) is 11.3. The number of nitrogens with zero attached hydrogens (tertiary/aromatic N) is 3. The largest absolute Gasteiger partial charge is 0.298 e. The normalized spacial score (nSPS) is 23.0. The van der Waals surface area contributed by atoms with E-state index in [1.165, 1.54) is 12.8 Å². The zero-order chi connectivity index (χ0) is 10.8. The van der Waals surface area contributed by atoms with Crippen molar-refractivity contribution in [1.29, 1.82) is 0 Å². The molecule has 1 atom stereocenters. The second-order valence-corrected chi connectivity index (χ2v) is 5.11. The van der Waals surface area contributed by atoms with Crippen molar-refractivity contribution in [2.24, 2.45) is 0 Å². The van der Waals surface area contributed by atoms with Crippen molar-refractivity contribution in [2.75, 3.05) is 13.6 Å². The molecule has 15 heavy (non-hydrogen) atoms. The Morgan fingerprint density at radius 2 is 2.27 bits per heavy atom. The van der Waals surface area contributed by atoms with Gasteiger partial charge in [-0.05, 0) is 48.4 Å². The third-order valence-electron chi connectivity index (χ3n) is 2.84. The standard InChI is InChI=1S/C10H13BrClN3/c1-15-5-3-2-4-9(15)8-6-7(11)10(12)14-13-8/h6,9H,2-5H2,1H3. The van der Waals surface area contributed by atoms with Gasteiger partial charge in [0.15, 0.2) is 5.15 Å². The molecule has 0 bridgehead atoms. The Kier molecular flexibility index (Phi) is 3.59. The molecule has 1 aromatic rings. The fraction of sp³-hybridized carbons (Fsp3) is 0.600. The number of rotatable bonds is 1. The number of piperidine rings is 1. The van der Waals surface area contributed by atoms with Crippen molar-refractivity contribution in [3.8, 4) is 0 Å². The maximum absolute atomic E-state index is 5.82. The molecule has 0 saturated carbocycles. The molecular formula is C10H13BrClN3. The second kappa shape index (κ2) is 4.76. The summed E-state index contributed by atoms with van der Waals surface area (Å²) in [5.41, 5.74) is 1.01. The molecule has 1 aliphatic heterocycles. The molecule has 1 saturated heterocycles. The van der Waals surface area contributed by atoms with E-state index in [4.69, 9.17) is 11.6 Å². The SMILES string of the molecule is CN1CCCCC1c1cc(Br)c(Cl)nn1. The van der Waals surface area contributed by atoms with Gasteiger partial charge in [-0.1, -0.05) is 18.0 Å². The van der Waals surface area contributed by atoms with Crippen molar-refractivity contribution >= 4 is 27.5 Å². The van der Waals surface area contributed by atoms with Crippen LogP contribution in [0.5, 0.6) is 0 Å². The first-order valence-electron chi connectivity index (χ1n) is 5.07. The van der Waals surface area contributed by atoms with Gasteiger partial charge in [0.05, 0.1) is 16.2 Å². The van der Waals surface area contributed by atoms with Crippen LogP contribution in [0, 0.1) is 0 Å². The molecule has 1 fully saturated rings. The Morgan fingerprint density at radius 3 is 2.93 bits per heavy atom. The molecule has 1 aromatic heterocycles. The lowest BCUT2D eigenvalue weighted by molar-refractivity contribution is 0.182. The molecule has 0 aliphatic carbocycles. The number of hydrogen-bond acceptors (Lipinski definition) is 3. The molecule has 5 heteroatoms. The van der Waals surface area contributed by atoms with Crippen molar-refractivity contribution in [2.45, 2.75) is 25.3 Å². The van der Waals surface area contributed by atoms with Crippen molar-refractivity contribution in [3.05, 3.63) is 21.4 Å². The Balaban J connectivity index is 2.24. The van der Waals surface area contributed by atoms with Crippen LogP contribution in [0.3, 0.4) is 0 Å². The van der Waals surface area contributed by atoms with Gasteiger partial charge in [-0.25, -0.2) is 0 Å². The highest BCUT2D eigenvalue weighted by molar-refractivity contribution is 9.10. The van der Waals surface area contributed by atoms with Gasteiger partial charge in [0.25, 0.3) is 0 Å². The monoisotopic (exact) mass is 289 g/mol. The smallest absolute Gasteiger partial charge is 0.165 e. The first-order valence-corrected chi connectivity index (χ1v) is 6.24. The van der Waals surface area contributed by atoms with Crippen molar-refractivity contribution in [3.63, 3.8) is 0 Å². The van der Waals surface area contributed by atoms with E-state index in [9.17, 15) is 0 Å². The summed E-state index contributed by atoms with van der Waals surface area (Å²) in [7, 11) is 2.13. The van der Waals surface area contributed by atoms with E-state index in [-0.39, 0.29) is 0 Å². The highest BCUT2D eigenvalue weighted by atomic mass is 79.9. The quantitative estimate of drug-likeness (QED) is 0.796. The molecule has 0 spiro atoms. The van der Waals surface area contributed by atoms with Crippen LogP contribution >= 0.6 is 27.5 Å². The molecule has 0 amide bonds. The van der Waals surface area contributed by atoms with E-state index < -0.39 is 0 Å². The zero-order valence-corrected chi connectivity index (χ0v) is 10.9. The van der Waals surface area contributed by atoms with Gasteiger partial charge in [0.2, 0.25) is 0 Å². The first-order chi connectivity index (χ1) is 7.18. The predicted molar refractivity (Wildman–Crippen MR) is 64.0 cm³/mol. The maximum atomic E-state index is 5.82. The van der Waals surface area contributed by atoms with Gasteiger partial charge in [-0.15, -0.1) is 5.10 Å². The van der Waals surface area contributed by atoms with Gasteiger partial charge in [0, 0.05) is 0 Å². The number of hydrogen-bond donors (Lipinski definition) is 0. The predicted octanol–water partition coefficient (Wildman–Crippen LogP) is 3.05. The van der Waals surface area contributed by atoms with Crippen LogP contribution in [-0.4, -0.2) is 28.7 Å². The van der Waals surface area contributed by atoms with E-state index in [2.05, 4.69) is 38.1 Å². The highest BCUT2D eigenvalue weighted by Crippen LogP contribution is 2.30. The van der Waals surface area contributed by atoms with Crippen LogP contribution in [0.1, 0.15) is 31.0 Å². The molecule has 82 valence electrons. The van der Waals surface area contributed by atoms with E-state index >= 15 is 0 Å². The Labute approximate surface area is 103 Å².